The molecule has 0 aliphatic rings. The van der Waals surface area contributed by atoms with Gasteiger partial charge in [-0.2, -0.15) is 0 Å². The molecule has 0 saturated carbocycles. The molecule has 0 unspecified atom stereocenters. The molecule has 1 heterocycles. The second-order valence-electron chi connectivity index (χ2n) is 3.62. The SMILES string of the molecule is CCc1oc(/C=C/c2ccccc2)c(I)c1Cl. The van der Waals surface area contributed by atoms with Crippen LogP contribution in [0.1, 0.15) is 24.0 Å². The third-order valence-electron chi connectivity index (χ3n) is 2.43. The molecule has 0 saturated heterocycles. The zero-order valence-electron chi connectivity index (χ0n) is 9.41. The summed E-state index contributed by atoms with van der Waals surface area (Å²) in [6, 6.07) is 10.1. The van der Waals surface area contributed by atoms with Gasteiger partial charge >= 0.3 is 0 Å². The highest BCUT2D eigenvalue weighted by Crippen LogP contribution is 2.30. The minimum atomic E-state index is 0.737. The monoisotopic (exact) mass is 358 g/mol. The number of hydrogen-bond donors (Lipinski definition) is 0. The van der Waals surface area contributed by atoms with Crippen LogP contribution in [0.3, 0.4) is 0 Å². The van der Waals surface area contributed by atoms with Crippen LogP contribution in [0.25, 0.3) is 12.2 Å². The van der Waals surface area contributed by atoms with Crippen LogP contribution in [0.15, 0.2) is 34.7 Å². The Kier molecular flexibility index (Phi) is 4.29. The Morgan fingerprint density at radius 2 is 1.94 bits per heavy atom. The van der Waals surface area contributed by atoms with Crippen LogP contribution in [0, 0.1) is 3.57 Å². The first kappa shape index (κ1) is 12.7. The molecule has 17 heavy (non-hydrogen) atoms. The van der Waals surface area contributed by atoms with Crippen LogP contribution in [-0.4, -0.2) is 0 Å². The third-order valence-corrected chi connectivity index (χ3v) is 4.22. The number of benzene rings is 1. The van der Waals surface area contributed by atoms with Gasteiger partial charge in [-0.1, -0.05) is 54.9 Å². The first-order valence-corrected chi connectivity index (χ1v) is 6.87. The second-order valence-corrected chi connectivity index (χ2v) is 5.07. The molecule has 0 atom stereocenters. The summed E-state index contributed by atoms with van der Waals surface area (Å²) in [5.41, 5.74) is 1.15. The average Bonchev–Trinajstić information content (AvgIpc) is 2.65. The van der Waals surface area contributed by atoms with E-state index in [0.29, 0.717) is 0 Å². The Hall–Kier alpha value is -0.740. The van der Waals surface area contributed by atoms with E-state index in [-0.39, 0.29) is 0 Å². The molecule has 0 aliphatic carbocycles. The summed E-state index contributed by atoms with van der Waals surface area (Å²) in [6.07, 6.45) is 4.80. The molecule has 1 aromatic heterocycles. The second kappa shape index (κ2) is 5.74. The number of aryl methyl sites for hydroxylation is 1. The fraction of sp³-hybridized carbons (Fsp3) is 0.143. The Labute approximate surface area is 120 Å². The maximum atomic E-state index is 6.16. The molecule has 0 fully saturated rings. The number of rotatable bonds is 3. The van der Waals surface area contributed by atoms with E-state index in [9.17, 15) is 0 Å². The van der Waals surface area contributed by atoms with Gasteiger partial charge in [0.05, 0.1) is 8.59 Å². The van der Waals surface area contributed by atoms with Crippen LogP contribution in [-0.2, 0) is 6.42 Å². The van der Waals surface area contributed by atoms with Crippen LogP contribution in [0.5, 0.6) is 0 Å². The van der Waals surface area contributed by atoms with Crippen LogP contribution in [0.2, 0.25) is 5.02 Å². The van der Waals surface area contributed by atoms with Crippen molar-refractivity contribution in [3.63, 3.8) is 0 Å². The largest absolute Gasteiger partial charge is 0.459 e. The van der Waals surface area contributed by atoms with Crippen molar-refractivity contribution in [1.82, 2.24) is 0 Å². The predicted octanol–water partition coefficient (Wildman–Crippen LogP) is 5.27. The van der Waals surface area contributed by atoms with E-state index in [1.807, 2.05) is 37.3 Å². The van der Waals surface area contributed by atoms with E-state index in [4.69, 9.17) is 16.0 Å². The van der Waals surface area contributed by atoms with E-state index < -0.39 is 0 Å². The maximum Gasteiger partial charge on any atom is 0.141 e. The highest BCUT2D eigenvalue weighted by molar-refractivity contribution is 14.1. The molecule has 0 spiro atoms. The Morgan fingerprint density at radius 3 is 2.53 bits per heavy atom. The smallest absolute Gasteiger partial charge is 0.141 e. The van der Waals surface area contributed by atoms with E-state index in [1.54, 1.807) is 0 Å². The Balaban J connectivity index is 2.28. The van der Waals surface area contributed by atoms with E-state index in [0.717, 1.165) is 32.1 Å². The van der Waals surface area contributed by atoms with Crippen LogP contribution in [0.4, 0.5) is 0 Å². The molecule has 0 radical (unpaired) electrons. The number of halogens is 2. The lowest BCUT2D eigenvalue weighted by Gasteiger charge is -1.91. The van der Waals surface area contributed by atoms with Crippen molar-refractivity contribution in [2.24, 2.45) is 0 Å². The van der Waals surface area contributed by atoms with Gasteiger partial charge in [0.2, 0.25) is 0 Å². The molecule has 88 valence electrons. The highest BCUT2D eigenvalue weighted by Gasteiger charge is 2.12. The molecule has 3 heteroatoms. The summed E-state index contributed by atoms with van der Waals surface area (Å²) in [4.78, 5) is 0. The van der Waals surface area contributed by atoms with E-state index in [2.05, 4.69) is 34.7 Å². The van der Waals surface area contributed by atoms with Crippen LogP contribution < -0.4 is 0 Å². The Bertz CT molecular complexity index is 529. The minimum absolute atomic E-state index is 0.737. The fourth-order valence-corrected chi connectivity index (χ4v) is 2.38. The molecule has 0 bridgehead atoms. The summed E-state index contributed by atoms with van der Waals surface area (Å²) >= 11 is 8.38. The lowest BCUT2D eigenvalue weighted by Crippen LogP contribution is -1.73. The standard InChI is InChI=1S/C14H12ClIO/c1-2-11-13(15)14(16)12(17-11)9-8-10-6-4-3-5-7-10/h3-9H,2H2,1H3/b9-8+. The van der Waals surface area contributed by atoms with E-state index >= 15 is 0 Å². The first-order valence-electron chi connectivity index (χ1n) is 5.42. The van der Waals surface area contributed by atoms with Gasteiger partial charge in [-0.25, -0.2) is 0 Å². The van der Waals surface area contributed by atoms with Gasteiger partial charge in [-0.15, -0.1) is 0 Å². The minimum Gasteiger partial charge on any atom is -0.459 e. The summed E-state index contributed by atoms with van der Waals surface area (Å²) in [5.74, 6) is 1.68. The highest BCUT2D eigenvalue weighted by atomic mass is 127. The van der Waals surface area contributed by atoms with Gasteiger partial charge in [0.25, 0.3) is 0 Å². The number of hydrogen-bond acceptors (Lipinski definition) is 1. The molecule has 2 rings (SSSR count). The van der Waals surface area contributed by atoms with E-state index in [1.165, 1.54) is 0 Å². The van der Waals surface area contributed by atoms with Gasteiger partial charge in [0, 0.05) is 6.42 Å². The van der Waals surface area contributed by atoms with Gasteiger partial charge in [0.15, 0.2) is 0 Å². The van der Waals surface area contributed by atoms with Crippen molar-refractivity contribution in [3.8, 4) is 0 Å². The lowest BCUT2D eigenvalue weighted by molar-refractivity contribution is 0.507. The quantitative estimate of drug-likeness (QED) is 0.681. The van der Waals surface area contributed by atoms with Gasteiger partial charge in [0.1, 0.15) is 11.5 Å². The molecular weight excluding hydrogens is 347 g/mol. The molecule has 0 amide bonds. The molecular formula is C14H12ClIO. The fourth-order valence-electron chi connectivity index (χ4n) is 1.52. The lowest BCUT2D eigenvalue weighted by atomic mass is 10.2. The predicted molar refractivity (Wildman–Crippen MR) is 81.2 cm³/mol. The van der Waals surface area contributed by atoms with Crippen molar-refractivity contribution in [3.05, 3.63) is 56.0 Å². The maximum absolute atomic E-state index is 6.16. The molecule has 1 aromatic carbocycles. The van der Waals surface area contributed by atoms with Crippen molar-refractivity contribution in [2.75, 3.05) is 0 Å². The molecule has 2 aromatic rings. The van der Waals surface area contributed by atoms with Crippen molar-refractivity contribution in [1.29, 1.82) is 0 Å². The summed E-state index contributed by atoms with van der Waals surface area (Å²) in [7, 11) is 0. The van der Waals surface area contributed by atoms with Gasteiger partial charge in [-0.05, 0) is 34.2 Å². The third kappa shape index (κ3) is 2.93. The number of furan rings is 1. The Morgan fingerprint density at radius 1 is 1.24 bits per heavy atom. The average molecular weight is 359 g/mol. The van der Waals surface area contributed by atoms with Gasteiger partial charge < -0.3 is 4.42 Å². The van der Waals surface area contributed by atoms with Crippen LogP contribution >= 0.6 is 34.2 Å². The topological polar surface area (TPSA) is 13.1 Å². The summed E-state index contributed by atoms with van der Waals surface area (Å²) in [6.45, 7) is 2.03. The van der Waals surface area contributed by atoms with Crippen molar-refractivity contribution < 1.29 is 4.42 Å². The zero-order valence-corrected chi connectivity index (χ0v) is 12.3. The summed E-state index contributed by atoms with van der Waals surface area (Å²) < 4.78 is 6.67. The van der Waals surface area contributed by atoms with Crippen molar-refractivity contribution >= 4 is 46.3 Å². The zero-order chi connectivity index (χ0) is 12.3. The van der Waals surface area contributed by atoms with Gasteiger partial charge in [-0.3, -0.25) is 0 Å². The normalized spacial score (nSPS) is 11.2. The molecule has 0 N–H and O–H groups in total. The van der Waals surface area contributed by atoms with Crippen molar-refractivity contribution in [2.45, 2.75) is 13.3 Å². The first-order chi connectivity index (χ1) is 8.22. The summed E-state index contributed by atoms with van der Waals surface area (Å²) in [5, 5.41) is 0.737. The molecule has 1 nitrogen and oxygen atoms in total. The molecule has 0 aliphatic heterocycles.